The lowest BCUT2D eigenvalue weighted by atomic mass is 10.2. The van der Waals surface area contributed by atoms with Gasteiger partial charge in [0.05, 0.1) is 11.2 Å². The first-order valence-electron chi connectivity index (χ1n) is 7.47. The second-order valence-corrected chi connectivity index (χ2v) is 7.03. The minimum absolute atomic E-state index is 0.613. The Bertz CT molecular complexity index is 1010. The van der Waals surface area contributed by atoms with Crippen LogP contribution in [0.1, 0.15) is 0 Å². The number of fused-ring (bicyclic) bond motifs is 1. The van der Waals surface area contributed by atoms with Gasteiger partial charge in [-0.15, -0.1) is 0 Å². The molecule has 25 heavy (non-hydrogen) atoms. The molecule has 0 bridgehead atoms. The summed E-state index contributed by atoms with van der Waals surface area (Å²) in [5, 5.41) is 2.31. The number of nitrogens with zero attached hydrogens (tertiary/aromatic N) is 3. The fourth-order valence-corrected chi connectivity index (χ4v) is 3.98. The van der Waals surface area contributed by atoms with E-state index in [4.69, 9.17) is 23.2 Å². The predicted octanol–water partition coefficient (Wildman–Crippen LogP) is 5.85. The average Bonchev–Trinajstić information content (AvgIpc) is 3.04. The molecule has 0 atom stereocenters. The van der Waals surface area contributed by atoms with Crippen LogP contribution in [0.3, 0.4) is 0 Å². The Balaban J connectivity index is 1.66. The molecule has 2 heterocycles. The van der Waals surface area contributed by atoms with Gasteiger partial charge in [0.2, 0.25) is 5.95 Å². The molecule has 0 spiro atoms. The van der Waals surface area contributed by atoms with Crippen LogP contribution in [-0.4, -0.2) is 14.5 Å². The Hall–Kier alpha value is -2.21. The van der Waals surface area contributed by atoms with E-state index >= 15 is 0 Å². The molecule has 4 nitrogen and oxygen atoms in total. The molecule has 0 fully saturated rings. The molecule has 2 aromatic carbocycles. The standard InChI is InChI=1S/C18H12Cl2N4S/c19-12-9-13(20)11-14(10-12)25-23-16-3-1-4-17-15(16)5-8-24(17)18-21-6-2-7-22-18/h1-11,23H. The average molecular weight is 387 g/mol. The van der Waals surface area contributed by atoms with Gasteiger partial charge in [-0.25, -0.2) is 9.97 Å². The lowest BCUT2D eigenvalue weighted by Gasteiger charge is -2.09. The summed E-state index contributed by atoms with van der Waals surface area (Å²) < 4.78 is 5.33. The summed E-state index contributed by atoms with van der Waals surface area (Å²) in [5.41, 5.74) is 2.02. The largest absolute Gasteiger partial charge is 0.325 e. The van der Waals surface area contributed by atoms with Crippen molar-refractivity contribution in [2.75, 3.05) is 4.72 Å². The second-order valence-electron chi connectivity index (χ2n) is 5.28. The van der Waals surface area contributed by atoms with E-state index < -0.39 is 0 Å². The van der Waals surface area contributed by atoms with Gasteiger partial charge in [0.15, 0.2) is 0 Å². The lowest BCUT2D eigenvalue weighted by Crippen LogP contribution is -1.98. The highest BCUT2D eigenvalue weighted by Crippen LogP contribution is 2.31. The Kier molecular flexibility index (Phi) is 4.53. The summed E-state index contributed by atoms with van der Waals surface area (Å²) in [6, 6.07) is 15.4. The van der Waals surface area contributed by atoms with Crippen molar-refractivity contribution in [1.29, 1.82) is 0 Å². The lowest BCUT2D eigenvalue weighted by molar-refractivity contribution is 0.962. The first-order chi connectivity index (χ1) is 12.2. The third kappa shape index (κ3) is 3.44. The van der Waals surface area contributed by atoms with Crippen molar-refractivity contribution in [2.45, 2.75) is 4.90 Å². The molecule has 0 aliphatic heterocycles. The Morgan fingerprint density at radius 3 is 2.44 bits per heavy atom. The highest BCUT2D eigenvalue weighted by molar-refractivity contribution is 8.00. The number of nitrogens with one attached hydrogen (secondary N) is 1. The normalized spacial score (nSPS) is 11.0. The first-order valence-corrected chi connectivity index (χ1v) is 9.04. The fraction of sp³-hybridized carbons (Fsp3) is 0. The van der Waals surface area contributed by atoms with Crippen LogP contribution in [0.5, 0.6) is 0 Å². The van der Waals surface area contributed by atoms with Crippen molar-refractivity contribution in [3.63, 3.8) is 0 Å². The molecule has 0 radical (unpaired) electrons. The molecule has 124 valence electrons. The van der Waals surface area contributed by atoms with Crippen molar-refractivity contribution >= 4 is 51.7 Å². The number of halogens is 2. The maximum Gasteiger partial charge on any atom is 0.234 e. The van der Waals surface area contributed by atoms with E-state index in [-0.39, 0.29) is 0 Å². The zero-order valence-corrected chi connectivity index (χ0v) is 15.2. The van der Waals surface area contributed by atoms with Gasteiger partial charge in [0.25, 0.3) is 0 Å². The SMILES string of the molecule is Clc1cc(Cl)cc(SNc2cccc3c2ccn3-c2ncccn2)c1. The van der Waals surface area contributed by atoms with E-state index in [9.17, 15) is 0 Å². The van der Waals surface area contributed by atoms with Crippen molar-refractivity contribution in [1.82, 2.24) is 14.5 Å². The number of hydrogen-bond acceptors (Lipinski definition) is 4. The fourth-order valence-electron chi connectivity index (χ4n) is 2.55. The minimum Gasteiger partial charge on any atom is -0.325 e. The zero-order chi connectivity index (χ0) is 17.2. The number of rotatable bonds is 4. The minimum atomic E-state index is 0.613. The maximum absolute atomic E-state index is 6.06. The van der Waals surface area contributed by atoms with Crippen LogP contribution in [0.4, 0.5) is 5.69 Å². The molecular weight excluding hydrogens is 375 g/mol. The van der Waals surface area contributed by atoms with E-state index in [0.717, 1.165) is 21.5 Å². The Labute approximate surface area is 159 Å². The molecule has 4 rings (SSSR count). The molecule has 2 aromatic heterocycles. The molecule has 0 amide bonds. The molecule has 0 unspecified atom stereocenters. The molecule has 0 aliphatic carbocycles. The van der Waals surface area contributed by atoms with Crippen LogP contribution in [-0.2, 0) is 0 Å². The highest BCUT2D eigenvalue weighted by atomic mass is 35.5. The molecule has 0 saturated carbocycles. The van der Waals surface area contributed by atoms with Gasteiger partial charge < -0.3 is 4.72 Å². The van der Waals surface area contributed by atoms with E-state index in [1.807, 2.05) is 47.2 Å². The topological polar surface area (TPSA) is 42.7 Å². The van der Waals surface area contributed by atoms with Crippen molar-refractivity contribution < 1.29 is 0 Å². The van der Waals surface area contributed by atoms with Crippen molar-refractivity contribution in [3.8, 4) is 5.95 Å². The number of anilines is 1. The van der Waals surface area contributed by atoms with Crippen LogP contribution in [0.2, 0.25) is 10.0 Å². The predicted molar refractivity (Wildman–Crippen MR) is 105 cm³/mol. The number of benzene rings is 2. The third-order valence-electron chi connectivity index (χ3n) is 3.62. The van der Waals surface area contributed by atoms with Crippen LogP contribution < -0.4 is 4.72 Å². The molecule has 1 N–H and O–H groups in total. The van der Waals surface area contributed by atoms with Crippen LogP contribution in [0, 0.1) is 0 Å². The first kappa shape index (κ1) is 16.3. The van der Waals surface area contributed by atoms with E-state index in [0.29, 0.717) is 16.0 Å². The van der Waals surface area contributed by atoms with Crippen LogP contribution >= 0.6 is 35.1 Å². The van der Waals surface area contributed by atoms with Gasteiger partial charge in [0, 0.05) is 38.9 Å². The van der Waals surface area contributed by atoms with Gasteiger partial charge >= 0.3 is 0 Å². The van der Waals surface area contributed by atoms with Gasteiger partial charge in [-0.2, -0.15) is 0 Å². The van der Waals surface area contributed by atoms with Gasteiger partial charge in [-0.1, -0.05) is 29.3 Å². The quantitative estimate of drug-likeness (QED) is 0.447. The summed E-state index contributed by atoms with van der Waals surface area (Å²) in [7, 11) is 0. The number of aromatic nitrogens is 3. The van der Waals surface area contributed by atoms with E-state index in [2.05, 4.69) is 14.7 Å². The summed E-state index contributed by atoms with van der Waals surface area (Å²) in [6.07, 6.45) is 5.43. The molecule has 4 aromatic rings. The highest BCUT2D eigenvalue weighted by Gasteiger charge is 2.09. The summed E-state index contributed by atoms with van der Waals surface area (Å²) >= 11 is 13.6. The van der Waals surface area contributed by atoms with Gasteiger partial charge in [0.1, 0.15) is 0 Å². The monoisotopic (exact) mass is 386 g/mol. The Morgan fingerprint density at radius 1 is 0.920 bits per heavy atom. The summed E-state index contributed by atoms with van der Waals surface area (Å²) in [6.45, 7) is 0. The van der Waals surface area contributed by atoms with Gasteiger partial charge in [-0.05, 0) is 54.4 Å². The number of hydrogen-bond donors (Lipinski definition) is 1. The van der Waals surface area contributed by atoms with E-state index in [1.54, 1.807) is 24.5 Å². The van der Waals surface area contributed by atoms with Crippen LogP contribution in [0.25, 0.3) is 16.9 Å². The van der Waals surface area contributed by atoms with E-state index in [1.165, 1.54) is 11.9 Å². The van der Waals surface area contributed by atoms with Crippen molar-refractivity contribution in [2.24, 2.45) is 0 Å². The summed E-state index contributed by atoms with van der Waals surface area (Å²) in [5.74, 6) is 0.643. The smallest absolute Gasteiger partial charge is 0.234 e. The molecule has 0 saturated heterocycles. The Morgan fingerprint density at radius 2 is 1.68 bits per heavy atom. The zero-order valence-electron chi connectivity index (χ0n) is 12.9. The third-order valence-corrected chi connectivity index (χ3v) is 4.85. The molecule has 7 heteroatoms. The van der Waals surface area contributed by atoms with Crippen molar-refractivity contribution in [3.05, 3.63) is 77.2 Å². The summed E-state index contributed by atoms with van der Waals surface area (Å²) in [4.78, 5) is 9.57. The van der Waals surface area contributed by atoms with Gasteiger partial charge in [-0.3, -0.25) is 4.57 Å². The molecule has 0 aliphatic rings. The second kappa shape index (κ2) is 6.96. The van der Waals surface area contributed by atoms with Crippen LogP contribution in [0.15, 0.2) is 72.0 Å². The maximum atomic E-state index is 6.06. The molecular formula is C18H12Cl2N4S.